The number of phenolic OH excluding ortho intramolecular Hbond substituents is 1. The molecule has 4 N–H and O–H groups in total. The first-order valence-electron chi connectivity index (χ1n) is 11.6. The van der Waals surface area contributed by atoms with Gasteiger partial charge >= 0.3 is 11.6 Å². The Balaban J connectivity index is 1.53. The maximum atomic E-state index is 12.9. The van der Waals surface area contributed by atoms with Gasteiger partial charge in [-0.15, -0.1) is 0 Å². The van der Waals surface area contributed by atoms with Crippen molar-refractivity contribution in [2.45, 2.75) is 52.7 Å². The van der Waals surface area contributed by atoms with Crippen molar-refractivity contribution in [2.75, 3.05) is 0 Å². The largest absolute Gasteiger partial charge is 0.508 e. The van der Waals surface area contributed by atoms with Gasteiger partial charge < -0.3 is 29.7 Å². The molecule has 36 heavy (non-hydrogen) atoms. The van der Waals surface area contributed by atoms with Crippen molar-refractivity contribution in [1.29, 1.82) is 0 Å². The summed E-state index contributed by atoms with van der Waals surface area (Å²) in [5.74, 6) is -1.39. The quantitative estimate of drug-likeness (QED) is 0.275. The molecule has 0 radical (unpaired) electrons. The SMILES string of the molecule is CCc1c(C)c2ccc(OC(C)C(=O)NC(Cc3c[nH]c4ccc(O)cc34)C(=O)O)c(C)c2oc1=O. The molecular weight excluding hydrogens is 464 g/mol. The molecule has 0 aliphatic heterocycles. The first-order valence-corrected chi connectivity index (χ1v) is 11.6. The molecule has 4 aromatic rings. The highest BCUT2D eigenvalue weighted by atomic mass is 16.5. The van der Waals surface area contributed by atoms with E-state index in [9.17, 15) is 24.6 Å². The van der Waals surface area contributed by atoms with E-state index in [2.05, 4.69) is 10.3 Å². The van der Waals surface area contributed by atoms with E-state index in [4.69, 9.17) is 9.15 Å². The Morgan fingerprint density at radius 1 is 1.14 bits per heavy atom. The summed E-state index contributed by atoms with van der Waals surface area (Å²) in [7, 11) is 0. The smallest absolute Gasteiger partial charge is 0.339 e. The molecular formula is C27H28N2O7. The van der Waals surface area contributed by atoms with Gasteiger partial charge in [-0.2, -0.15) is 0 Å². The van der Waals surface area contributed by atoms with Crippen molar-refractivity contribution in [3.63, 3.8) is 0 Å². The molecule has 2 heterocycles. The van der Waals surface area contributed by atoms with Gasteiger partial charge in [0.1, 0.15) is 23.1 Å². The third-order valence-corrected chi connectivity index (χ3v) is 6.47. The van der Waals surface area contributed by atoms with Gasteiger partial charge in [0.15, 0.2) is 6.10 Å². The second kappa shape index (κ2) is 9.77. The molecule has 0 aliphatic rings. The predicted octanol–water partition coefficient (Wildman–Crippen LogP) is 3.74. The summed E-state index contributed by atoms with van der Waals surface area (Å²) in [6.07, 6.45) is 1.21. The summed E-state index contributed by atoms with van der Waals surface area (Å²) < 4.78 is 11.4. The van der Waals surface area contributed by atoms with Gasteiger partial charge in [0.2, 0.25) is 0 Å². The van der Waals surface area contributed by atoms with Gasteiger partial charge in [-0.05, 0) is 68.7 Å². The van der Waals surface area contributed by atoms with E-state index in [1.165, 1.54) is 13.0 Å². The van der Waals surface area contributed by atoms with Crippen LogP contribution in [0.15, 0.2) is 45.7 Å². The molecule has 9 nitrogen and oxygen atoms in total. The van der Waals surface area contributed by atoms with Gasteiger partial charge in [0.05, 0.1) is 0 Å². The van der Waals surface area contributed by atoms with Gasteiger partial charge in [-0.1, -0.05) is 6.92 Å². The Morgan fingerprint density at radius 2 is 1.89 bits per heavy atom. The van der Waals surface area contributed by atoms with Gasteiger partial charge in [-0.25, -0.2) is 9.59 Å². The van der Waals surface area contributed by atoms with Gasteiger partial charge in [0.25, 0.3) is 5.91 Å². The molecule has 0 saturated heterocycles. The predicted molar refractivity (Wildman–Crippen MR) is 135 cm³/mol. The van der Waals surface area contributed by atoms with Crippen LogP contribution < -0.4 is 15.7 Å². The van der Waals surface area contributed by atoms with Gasteiger partial charge in [0, 0.05) is 40.0 Å². The fraction of sp³-hybridized carbons (Fsp3) is 0.296. The van der Waals surface area contributed by atoms with Crippen molar-refractivity contribution in [3.8, 4) is 11.5 Å². The molecule has 0 bridgehead atoms. The number of hydrogen-bond acceptors (Lipinski definition) is 6. The number of aromatic amines is 1. The van der Waals surface area contributed by atoms with Crippen LogP contribution in [0.1, 0.15) is 36.1 Å². The number of amides is 1. The Morgan fingerprint density at radius 3 is 2.58 bits per heavy atom. The number of benzene rings is 2. The minimum absolute atomic E-state index is 0.0104. The fourth-order valence-electron chi connectivity index (χ4n) is 4.40. The number of aromatic nitrogens is 1. The lowest BCUT2D eigenvalue weighted by Crippen LogP contribution is -2.47. The molecule has 0 spiro atoms. The van der Waals surface area contributed by atoms with E-state index in [1.54, 1.807) is 37.4 Å². The number of ether oxygens (including phenoxy) is 1. The second-order valence-corrected chi connectivity index (χ2v) is 8.82. The van der Waals surface area contributed by atoms with E-state index < -0.39 is 29.6 Å². The maximum absolute atomic E-state index is 12.9. The van der Waals surface area contributed by atoms with Crippen LogP contribution in [0.5, 0.6) is 11.5 Å². The Kier molecular flexibility index (Phi) is 6.74. The number of rotatable bonds is 8. The first kappa shape index (κ1) is 24.8. The van der Waals surface area contributed by atoms with Crippen molar-refractivity contribution in [2.24, 2.45) is 0 Å². The zero-order chi connectivity index (χ0) is 26.1. The monoisotopic (exact) mass is 492 g/mol. The molecule has 2 aromatic heterocycles. The molecule has 2 aromatic carbocycles. The van der Waals surface area contributed by atoms with E-state index in [1.807, 2.05) is 13.8 Å². The summed E-state index contributed by atoms with van der Waals surface area (Å²) in [5, 5.41) is 23.5. The van der Waals surface area contributed by atoms with Crippen molar-refractivity contribution in [1.82, 2.24) is 10.3 Å². The number of nitrogens with one attached hydrogen (secondary N) is 2. The lowest BCUT2D eigenvalue weighted by atomic mass is 10.0. The molecule has 188 valence electrons. The molecule has 0 saturated carbocycles. The zero-order valence-electron chi connectivity index (χ0n) is 20.5. The highest BCUT2D eigenvalue weighted by Crippen LogP contribution is 2.30. The van der Waals surface area contributed by atoms with Crippen molar-refractivity contribution in [3.05, 3.63) is 69.2 Å². The zero-order valence-corrected chi connectivity index (χ0v) is 20.5. The minimum atomic E-state index is -1.21. The van der Waals surface area contributed by atoms with E-state index in [-0.39, 0.29) is 12.2 Å². The minimum Gasteiger partial charge on any atom is -0.508 e. The van der Waals surface area contributed by atoms with E-state index in [0.717, 1.165) is 16.5 Å². The van der Waals surface area contributed by atoms with Crippen molar-refractivity contribution >= 4 is 33.7 Å². The fourth-order valence-corrected chi connectivity index (χ4v) is 4.40. The van der Waals surface area contributed by atoms with Crippen LogP contribution in [0.2, 0.25) is 0 Å². The maximum Gasteiger partial charge on any atom is 0.339 e. The van der Waals surface area contributed by atoms with Crippen LogP contribution in [0.25, 0.3) is 21.9 Å². The molecule has 2 unspecified atom stereocenters. The average Bonchev–Trinajstić information content (AvgIpc) is 3.22. The Labute approximate surface area is 206 Å². The van der Waals surface area contributed by atoms with E-state index >= 15 is 0 Å². The van der Waals surface area contributed by atoms with Crippen LogP contribution in [0.3, 0.4) is 0 Å². The van der Waals surface area contributed by atoms with Crippen molar-refractivity contribution < 1.29 is 29.0 Å². The standard InChI is InChI=1S/C27H28N2O7/c1-5-18-13(2)19-7-9-23(14(3)24(19)36-27(18)34)35-15(4)25(31)29-22(26(32)33)10-16-12-28-21-8-6-17(30)11-20(16)21/h6-9,11-12,15,22,28,30H,5,10H2,1-4H3,(H,29,31)(H,32,33). The number of phenols is 1. The van der Waals surface area contributed by atoms with Crippen LogP contribution in [-0.4, -0.2) is 39.2 Å². The number of fused-ring (bicyclic) bond motifs is 2. The summed E-state index contributed by atoms with van der Waals surface area (Å²) >= 11 is 0. The van der Waals surface area contributed by atoms with Crippen LogP contribution >= 0.6 is 0 Å². The summed E-state index contributed by atoms with van der Waals surface area (Å²) in [6.45, 7) is 7.02. The molecule has 9 heteroatoms. The molecule has 4 rings (SSSR count). The Bertz CT molecular complexity index is 1530. The molecule has 2 atom stereocenters. The number of carbonyl (C=O) groups excluding carboxylic acids is 1. The summed E-state index contributed by atoms with van der Waals surface area (Å²) in [5.41, 5.74) is 3.42. The van der Waals surface area contributed by atoms with Gasteiger partial charge in [-0.3, -0.25) is 4.79 Å². The summed E-state index contributed by atoms with van der Waals surface area (Å²) in [4.78, 5) is 40.1. The lowest BCUT2D eigenvalue weighted by molar-refractivity contribution is -0.142. The number of carboxylic acids is 1. The number of carbonyl (C=O) groups is 2. The van der Waals surface area contributed by atoms with E-state index in [0.29, 0.717) is 39.8 Å². The topological polar surface area (TPSA) is 142 Å². The molecule has 1 amide bonds. The first-order chi connectivity index (χ1) is 17.1. The number of hydrogen-bond donors (Lipinski definition) is 4. The second-order valence-electron chi connectivity index (χ2n) is 8.82. The average molecular weight is 493 g/mol. The lowest BCUT2D eigenvalue weighted by Gasteiger charge is -2.20. The highest BCUT2D eigenvalue weighted by Gasteiger charge is 2.26. The molecule has 0 aliphatic carbocycles. The third-order valence-electron chi connectivity index (χ3n) is 6.47. The molecule has 0 fully saturated rings. The normalized spacial score (nSPS) is 13.0. The van der Waals surface area contributed by atoms with Crippen LogP contribution in [0.4, 0.5) is 0 Å². The van der Waals surface area contributed by atoms with Crippen LogP contribution in [0, 0.1) is 13.8 Å². The number of H-pyrrole nitrogens is 1. The third kappa shape index (κ3) is 4.64. The van der Waals surface area contributed by atoms with Crippen LogP contribution in [-0.2, 0) is 22.4 Å². The number of aryl methyl sites for hydroxylation is 2. The number of carboxylic acid groups (broad SMARTS) is 1. The number of aromatic hydroxyl groups is 1. The Hall–Kier alpha value is -4.27. The number of aliphatic carboxylic acids is 1. The highest BCUT2D eigenvalue weighted by molar-refractivity contribution is 5.89. The summed E-state index contributed by atoms with van der Waals surface area (Å²) in [6, 6.07) is 7.04.